The number of rotatable bonds is 5. The highest BCUT2D eigenvalue weighted by molar-refractivity contribution is 6.19. The molecule has 1 aliphatic heterocycles. The van der Waals surface area contributed by atoms with Crippen molar-refractivity contribution >= 4 is 23.1 Å². The molecule has 4 rings (SSSR count). The monoisotopic (exact) mass is 418 g/mol. The summed E-state index contributed by atoms with van der Waals surface area (Å²) in [4.78, 5) is 32.5. The maximum Gasteiger partial charge on any atom is 0.266 e. The van der Waals surface area contributed by atoms with Crippen LogP contribution in [0, 0.1) is 5.92 Å². The zero-order chi connectivity index (χ0) is 22.0. The van der Waals surface area contributed by atoms with Crippen LogP contribution < -0.4 is 16.4 Å². The summed E-state index contributed by atoms with van der Waals surface area (Å²) in [6.07, 6.45) is 4.89. The Balaban J connectivity index is 1.77. The van der Waals surface area contributed by atoms with Gasteiger partial charge in [-0.15, -0.1) is 0 Å². The van der Waals surface area contributed by atoms with Crippen LogP contribution in [-0.4, -0.2) is 36.7 Å². The molecule has 31 heavy (non-hydrogen) atoms. The van der Waals surface area contributed by atoms with Crippen molar-refractivity contribution in [2.75, 3.05) is 11.9 Å². The van der Waals surface area contributed by atoms with Crippen molar-refractivity contribution in [1.29, 1.82) is 0 Å². The van der Waals surface area contributed by atoms with Gasteiger partial charge in [-0.25, -0.2) is 0 Å². The van der Waals surface area contributed by atoms with Crippen molar-refractivity contribution in [2.45, 2.75) is 50.7 Å². The lowest BCUT2D eigenvalue weighted by Gasteiger charge is -2.27. The van der Waals surface area contributed by atoms with Crippen LogP contribution in [0.2, 0.25) is 0 Å². The second kappa shape index (κ2) is 9.12. The highest BCUT2D eigenvalue weighted by atomic mass is 16.2. The van der Waals surface area contributed by atoms with Crippen LogP contribution in [0.5, 0.6) is 0 Å². The van der Waals surface area contributed by atoms with E-state index in [1.165, 1.54) is 11.3 Å². The van der Waals surface area contributed by atoms with E-state index in [9.17, 15) is 9.59 Å². The fourth-order valence-electron chi connectivity index (χ4n) is 4.73. The first kappa shape index (κ1) is 21.4. The van der Waals surface area contributed by atoms with Crippen LogP contribution in [0.4, 0.5) is 5.69 Å². The molecule has 2 atom stereocenters. The van der Waals surface area contributed by atoms with E-state index in [2.05, 4.69) is 4.99 Å². The lowest BCUT2D eigenvalue weighted by molar-refractivity contribution is -0.119. The maximum atomic E-state index is 13.5. The molecule has 0 bridgehead atoms. The number of benzodiazepines with no additional fused rings is 1. The fourth-order valence-corrected chi connectivity index (χ4v) is 4.73. The van der Waals surface area contributed by atoms with Gasteiger partial charge in [-0.3, -0.25) is 14.6 Å². The molecule has 0 saturated heterocycles. The molecule has 4 N–H and O–H groups in total. The summed E-state index contributed by atoms with van der Waals surface area (Å²) < 4.78 is 0. The number of amides is 1. The van der Waals surface area contributed by atoms with E-state index in [0.29, 0.717) is 17.7 Å². The third-order valence-corrected chi connectivity index (χ3v) is 6.41. The van der Waals surface area contributed by atoms with Crippen molar-refractivity contribution in [3.8, 4) is 0 Å². The maximum absolute atomic E-state index is 13.5. The second-order valence-electron chi connectivity index (χ2n) is 8.55. The quantitative estimate of drug-likeness (QED) is 0.729. The number of ketones is 1. The highest BCUT2D eigenvalue weighted by Gasteiger charge is 2.34. The molecule has 1 amide bonds. The molecule has 1 aliphatic carbocycles. The number of hydrogen-bond donors (Lipinski definition) is 2. The van der Waals surface area contributed by atoms with E-state index in [1.807, 2.05) is 36.4 Å². The molecule has 2 aliphatic rings. The fraction of sp³-hybridized carbons (Fsp3) is 0.400. The molecule has 1 heterocycles. The molecule has 0 aromatic heterocycles. The summed E-state index contributed by atoms with van der Waals surface area (Å²) in [6.45, 7) is 0. The minimum absolute atomic E-state index is 0.138. The number of carbonyl (C=O) groups excluding carboxylic acids is 2. The van der Waals surface area contributed by atoms with Crippen molar-refractivity contribution in [3.05, 3.63) is 65.2 Å². The lowest BCUT2D eigenvalue weighted by atomic mass is 9.80. The van der Waals surface area contributed by atoms with Gasteiger partial charge in [0.15, 0.2) is 11.9 Å². The average Bonchev–Trinajstić information content (AvgIpc) is 2.90. The molecule has 6 nitrogen and oxygen atoms in total. The number of benzene rings is 2. The first-order chi connectivity index (χ1) is 15.0. The van der Waals surface area contributed by atoms with Crippen molar-refractivity contribution in [2.24, 2.45) is 22.4 Å². The Morgan fingerprint density at radius 3 is 2.52 bits per heavy atom. The summed E-state index contributed by atoms with van der Waals surface area (Å²) in [5.41, 5.74) is 16.3. The summed E-state index contributed by atoms with van der Waals surface area (Å²) in [5.74, 6) is -0.220. The van der Waals surface area contributed by atoms with Crippen LogP contribution in [0.15, 0.2) is 53.5 Å². The molecule has 2 aromatic carbocycles. The molecule has 162 valence electrons. The van der Waals surface area contributed by atoms with Gasteiger partial charge >= 0.3 is 0 Å². The normalized spacial score (nSPS) is 20.6. The first-order valence-electron chi connectivity index (χ1n) is 11.1. The Kier molecular flexibility index (Phi) is 6.30. The molecular formula is C25H30N4O2. The number of nitrogens with two attached hydrogens (primary N) is 2. The molecule has 6 heteroatoms. The standard InChI is InChI=1S/C25H30N4O2/c1-29-20-14-8-13-18(23(30)19(26)15-16-9-4-2-5-10-16)21(20)22(28-24(27)25(29)31)17-11-6-3-7-12-17/h2,4-5,8-10,13-14,17,19,24H,3,6-7,11-12,15,26-27H2,1H3/t19-,24?/m1/s1. The van der Waals surface area contributed by atoms with E-state index in [0.717, 1.165) is 42.5 Å². The van der Waals surface area contributed by atoms with Gasteiger partial charge in [0.05, 0.1) is 17.4 Å². The number of fused-ring (bicyclic) bond motifs is 1. The Morgan fingerprint density at radius 1 is 1.10 bits per heavy atom. The number of likely N-dealkylation sites (N-methyl/N-ethyl adjacent to an activating group) is 1. The van der Waals surface area contributed by atoms with Gasteiger partial charge in [0.1, 0.15) is 0 Å². The minimum Gasteiger partial charge on any atom is -0.321 e. The molecule has 1 fully saturated rings. The number of nitrogens with zero attached hydrogens (tertiary/aromatic N) is 2. The third-order valence-electron chi connectivity index (χ3n) is 6.41. The van der Waals surface area contributed by atoms with Crippen molar-refractivity contribution < 1.29 is 9.59 Å². The Labute approximate surface area is 183 Å². The first-order valence-corrected chi connectivity index (χ1v) is 11.1. The van der Waals surface area contributed by atoms with Gasteiger partial charge in [-0.05, 0) is 30.9 Å². The molecule has 0 radical (unpaired) electrons. The van der Waals surface area contributed by atoms with Gasteiger partial charge in [0.25, 0.3) is 5.91 Å². The number of carbonyl (C=O) groups is 2. The number of aliphatic imine (C=N–C) groups is 1. The molecule has 0 spiro atoms. The van der Waals surface area contributed by atoms with Gasteiger partial charge in [0, 0.05) is 24.1 Å². The van der Waals surface area contributed by atoms with Gasteiger partial charge < -0.3 is 16.4 Å². The van der Waals surface area contributed by atoms with E-state index >= 15 is 0 Å². The predicted molar refractivity (Wildman–Crippen MR) is 123 cm³/mol. The van der Waals surface area contributed by atoms with Gasteiger partial charge in [0.2, 0.25) is 0 Å². The Hall–Kier alpha value is -2.83. The summed E-state index contributed by atoms with van der Waals surface area (Å²) >= 11 is 0. The largest absolute Gasteiger partial charge is 0.321 e. The summed E-state index contributed by atoms with van der Waals surface area (Å²) in [6, 6.07) is 14.6. The highest BCUT2D eigenvalue weighted by Crippen LogP contribution is 2.35. The van der Waals surface area contributed by atoms with Gasteiger partial charge in [-0.1, -0.05) is 61.7 Å². The molecule has 1 saturated carbocycles. The van der Waals surface area contributed by atoms with E-state index < -0.39 is 12.2 Å². The average molecular weight is 419 g/mol. The smallest absolute Gasteiger partial charge is 0.266 e. The Morgan fingerprint density at radius 2 is 1.81 bits per heavy atom. The van der Waals surface area contributed by atoms with Crippen LogP contribution in [0.25, 0.3) is 0 Å². The van der Waals surface area contributed by atoms with E-state index in [1.54, 1.807) is 19.2 Å². The van der Waals surface area contributed by atoms with Crippen LogP contribution in [-0.2, 0) is 11.2 Å². The van der Waals surface area contributed by atoms with E-state index in [4.69, 9.17) is 11.5 Å². The number of Topliss-reactive ketones (excluding diaryl/α,β-unsaturated/α-hetero) is 1. The van der Waals surface area contributed by atoms with E-state index in [-0.39, 0.29) is 17.6 Å². The number of hydrogen-bond acceptors (Lipinski definition) is 5. The Bertz CT molecular complexity index is 996. The molecule has 2 aromatic rings. The lowest BCUT2D eigenvalue weighted by Crippen LogP contribution is -2.40. The van der Waals surface area contributed by atoms with Crippen LogP contribution in [0.3, 0.4) is 0 Å². The molecular weight excluding hydrogens is 388 g/mol. The molecule has 1 unspecified atom stereocenters. The zero-order valence-corrected chi connectivity index (χ0v) is 18.0. The summed E-state index contributed by atoms with van der Waals surface area (Å²) in [7, 11) is 1.69. The van der Waals surface area contributed by atoms with Crippen molar-refractivity contribution in [1.82, 2.24) is 0 Å². The second-order valence-corrected chi connectivity index (χ2v) is 8.55. The van der Waals surface area contributed by atoms with Gasteiger partial charge in [-0.2, -0.15) is 0 Å². The minimum atomic E-state index is -0.963. The predicted octanol–water partition coefficient (Wildman–Crippen LogP) is 3.07. The third kappa shape index (κ3) is 4.31. The van der Waals surface area contributed by atoms with Crippen LogP contribution in [0.1, 0.15) is 53.6 Å². The van der Waals surface area contributed by atoms with Crippen LogP contribution >= 0.6 is 0 Å². The van der Waals surface area contributed by atoms with Crippen molar-refractivity contribution in [3.63, 3.8) is 0 Å². The summed E-state index contributed by atoms with van der Waals surface area (Å²) in [5, 5.41) is 0. The zero-order valence-electron chi connectivity index (χ0n) is 18.0. The topological polar surface area (TPSA) is 102 Å². The number of anilines is 1. The SMILES string of the molecule is CN1C(=O)C(N)N=C(C2CCCCC2)c2c(C(=O)[C@H](N)Cc3ccccc3)cccc21.